The maximum atomic E-state index is 11.1. The lowest BCUT2D eigenvalue weighted by Gasteiger charge is -2.25. The summed E-state index contributed by atoms with van der Waals surface area (Å²) in [5, 5.41) is 0. The number of hydrogen-bond acceptors (Lipinski definition) is 7. The first kappa shape index (κ1) is 25.1. The summed E-state index contributed by atoms with van der Waals surface area (Å²) in [6.07, 6.45) is 2.24. The predicted molar refractivity (Wildman–Crippen MR) is 134 cm³/mol. The largest absolute Gasteiger partial charge is 0.490 e. The minimum absolute atomic E-state index is 0.147. The molecule has 0 bridgehead atoms. The number of nitrogens with zero attached hydrogens (tertiary/aromatic N) is 1. The van der Waals surface area contributed by atoms with E-state index in [0.29, 0.717) is 11.5 Å². The number of anilines is 3. The van der Waals surface area contributed by atoms with Gasteiger partial charge < -0.3 is 23.8 Å². The number of rotatable bonds is 13. The molecule has 0 saturated carbocycles. The van der Waals surface area contributed by atoms with Crippen molar-refractivity contribution >= 4 is 29.0 Å². The molecule has 0 aliphatic heterocycles. The Labute approximate surface area is 204 Å². The number of esters is 2. The molecule has 0 atom stereocenters. The summed E-state index contributed by atoms with van der Waals surface area (Å²) in [6, 6.07) is 25.2. The quantitative estimate of drug-likeness (QED) is 0.188. The summed E-state index contributed by atoms with van der Waals surface area (Å²) in [4.78, 5) is 24.3. The molecule has 0 aromatic heterocycles. The van der Waals surface area contributed by atoms with Crippen molar-refractivity contribution in [2.45, 2.75) is 0 Å². The summed E-state index contributed by atoms with van der Waals surface area (Å²) in [7, 11) is 0. The summed E-state index contributed by atoms with van der Waals surface area (Å²) < 4.78 is 21.1. The average Bonchev–Trinajstić information content (AvgIpc) is 2.91. The topological polar surface area (TPSA) is 74.3 Å². The lowest BCUT2D eigenvalue weighted by Crippen LogP contribution is -2.11. The van der Waals surface area contributed by atoms with Gasteiger partial charge in [0.1, 0.15) is 37.9 Å². The van der Waals surface area contributed by atoms with Crippen molar-refractivity contribution in [2.24, 2.45) is 0 Å². The van der Waals surface area contributed by atoms with E-state index in [1.54, 1.807) is 0 Å². The van der Waals surface area contributed by atoms with Crippen molar-refractivity contribution in [1.82, 2.24) is 0 Å². The summed E-state index contributed by atoms with van der Waals surface area (Å²) in [6.45, 7) is 7.50. The van der Waals surface area contributed by atoms with Crippen LogP contribution in [0.5, 0.6) is 11.5 Å². The molecule has 0 unspecified atom stereocenters. The van der Waals surface area contributed by atoms with E-state index in [1.165, 1.54) is 0 Å². The summed E-state index contributed by atoms with van der Waals surface area (Å²) in [5.41, 5.74) is 2.86. The van der Waals surface area contributed by atoms with E-state index in [9.17, 15) is 9.59 Å². The maximum absolute atomic E-state index is 11.1. The van der Waals surface area contributed by atoms with Gasteiger partial charge in [-0.15, -0.1) is 0 Å². The van der Waals surface area contributed by atoms with Crippen LogP contribution in [0.1, 0.15) is 0 Å². The molecule has 7 heteroatoms. The number of ether oxygens (including phenoxy) is 4. The van der Waals surface area contributed by atoms with E-state index in [-0.39, 0.29) is 26.4 Å². The van der Waals surface area contributed by atoms with E-state index >= 15 is 0 Å². The van der Waals surface area contributed by atoms with Gasteiger partial charge >= 0.3 is 11.9 Å². The zero-order valence-corrected chi connectivity index (χ0v) is 19.3. The molecule has 35 heavy (non-hydrogen) atoms. The highest BCUT2D eigenvalue weighted by atomic mass is 16.6. The van der Waals surface area contributed by atoms with Gasteiger partial charge in [0.15, 0.2) is 0 Å². The molecular formula is C28H27NO6. The molecule has 0 saturated heterocycles. The Kier molecular flexibility index (Phi) is 9.51. The molecule has 7 nitrogen and oxygen atoms in total. The standard InChI is InChI=1S/C28H27NO6/c1-3-27(30)34-20-18-32-25-14-10-23(11-15-25)29(22-8-6-5-7-9-22)24-12-16-26(17-13-24)33-19-21-35-28(31)4-2/h3-17H,1-2,18-21H2. The van der Waals surface area contributed by atoms with Gasteiger partial charge in [-0.05, 0) is 60.7 Å². The van der Waals surface area contributed by atoms with Crippen molar-refractivity contribution in [3.8, 4) is 11.5 Å². The smallest absolute Gasteiger partial charge is 0.330 e. The fourth-order valence-electron chi connectivity index (χ4n) is 3.13. The highest BCUT2D eigenvalue weighted by molar-refractivity contribution is 5.81. The van der Waals surface area contributed by atoms with Gasteiger partial charge in [0.2, 0.25) is 0 Å². The van der Waals surface area contributed by atoms with Crippen LogP contribution in [0.4, 0.5) is 17.1 Å². The summed E-state index contributed by atoms with van der Waals surface area (Å²) in [5.74, 6) is 0.375. The Morgan fingerprint density at radius 2 is 1.00 bits per heavy atom. The third-order valence-electron chi connectivity index (χ3n) is 4.73. The number of carbonyl (C=O) groups excluding carboxylic acids is 2. The molecule has 0 aliphatic rings. The van der Waals surface area contributed by atoms with Crippen LogP contribution in [-0.2, 0) is 19.1 Å². The van der Waals surface area contributed by atoms with Crippen LogP contribution in [0.3, 0.4) is 0 Å². The normalized spacial score (nSPS) is 10.1. The first-order valence-electron chi connectivity index (χ1n) is 11.0. The Morgan fingerprint density at radius 1 is 0.600 bits per heavy atom. The SMILES string of the molecule is C=CC(=O)OCCOc1ccc(N(c2ccccc2)c2ccc(OCCOC(=O)C=C)cc2)cc1. The molecule has 0 amide bonds. The van der Waals surface area contributed by atoms with Crippen LogP contribution in [0, 0.1) is 0 Å². The molecule has 3 rings (SSSR count). The Hall–Kier alpha value is -4.52. The fourth-order valence-corrected chi connectivity index (χ4v) is 3.13. The summed E-state index contributed by atoms with van der Waals surface area (Å²) >= 11 is 0. The van der Waals surface area contributed by atoms with Gasteiger partial charge in [-0.2, -0.15) is 0 Å². The van der Waals surface area contributed by atoms with Crippen molar-refractivity contribution in [2.75, 3.05) is 31.3 Å². The lowest BCUT2D eigenvalue weighted by atomic mass is 10.2. The second-order valence-electron chi connectivity index (χ2n) is 7.10. The second kappa shape index (κ2) is 13.3. The first-order valence-corrected chi connectivity index (χ1v) is 11.0. The predicted octanol–water partition coefficient (Wildman–Crippen LogP) is 5.37. The molecular weight excluding hydrogens is 446 g/mol. The molecule has 0 fully saturated rings. The fraction of sp³-hybridized carbons (Fsp3) is 0.143. The van der Waals surface area contributed by atoms with Gasteiger partial charge in [0, 0.05) is 29.2 Å². The monoisotopic (exact) mass is 473 g/mol. The third kappa shape index (κ3) is 7.78. The van der Waals surface area contributed by atoms with Gasteiger partial charge in [-0.1, -0.05) is 31.4 Å². The first-order chi connectivity index (χ1) is 17.1. The molecule has 0 N–H and O–H groups in total. The molecule has 0 radical (unpaired) electrons. The van der Waals surface area contributed by atoms with Gasteiger partial charge in [0.25, 0.3) is 0 Å². The molecule has 0 spiro atoms. The molecule has 180 valence electrons. The van der Waals surface area contributed by atoms with Crippen molar-refractivity contribution < 1.29 is 28.5 Å². The van der Waals surface area contributed by atoms with E-state index in [2.05, 4.69) is 18.1 Å². The zero-order valence-electron chi connectivity index (χ0n) is 19.3. The van der Waals surface area contributed by atoms with E-state index in [1.807, 2.05) is 78.9 Å². The average molecular weight is 474 g/mol. The number of para-hydroxylation sites is 1. The van der Waals surface area contributed by atoms with Crippen LogP contribution in [0.2, 0.25) is 0 Å². The van der Waals surface area contributed by atoms with Crippen LogP contribution in [-0.4, -0.2) is 38.4 Å². The van der Waals surface area contributed by atoms with E-state index in [4.69, 9.17) is 18.9 Å². The minimum atomic E-state index is -0.477. The van der Waals surface area contributed by atoms with Crippen molar-refractivity contribution in [1.29, 1.82) is 0 Å². The Morgan fingerprint density at radius 3 is 1.40 bits per heavy atom. The highest BCUT2D eigenvalue weighted by Gasteiger charge is 2.12. The number of benzene rings is 3. The van der Waals surface area contributed by atoms with Crippen LogP contribution in [0.15, 0.2) is 104 Å². The van der Waals surface area contributed by atoms with Crippen molar-refractivity contribution in [3.05, 3.63) is 104 Å². The van der Waals surface area contributed by atoms with Gasteiger partial charge in [-0.25, -0.2) is 9.59 Å². The van der Waals surface area contributed by atoms with E-state index < -0.39 is 11.9 Å². The number of carbonyl (C=O) groups is 2. The van der Waals surface area contributed by atoms with E-state index in [0.717, 1.165) is 29.2 Å². The minimum Gasteiger partial charge on any atom is -0.490 e. The third-order valence-corrected chi connectivity index (χ3v) is 4.73. The molecule has 0 heterocycles. The number of hydrogen-bond donors (Lipinski definition) is 0. The van der Waals surface area contributed by atoms with Gasteiger partial charge in [0.05, 0.1) is 0 Å². The lowest BCUT2D eigenvalue weighted by molar-refractivity contribution is -0.139. The maximum Gasteiger partial charge on any atom is 0.330 e. The van der Waals surface area contributed by atoms with Gasteiger partial charge in [-0.3, -0.25) is 0 Å². The zero-order chi connectivity index (χ0) is 24.9. The Balaban J connectivity index is 1.68. The highest BCUT2D eigenvalue weighted by Crippen LogP contribution is 2.35. The molecule has 3 aromatic rings. The Bertz CT molecular complexity index is 1040. The van der Waals surface area contributed by atoms with Crippen molar-refractivity contribution in [3.63, 3.8) is 0 Å². The second-order valence-corrected chi connectivity index (χ2v) is 7.10. The van der Waals surface area contributed by atoms with Crippen LogP contribution >= 0.6 is 0 Å². The molecule has 3 aromatic carbocycles. The van der Waals surface area contributed by atoms with Crippen LogP contribution < -0.4 is 14.4 Å². The van der Waals surface area contributed by atoms with Crippen LogP contribution in [0.25, 0.3) is 0 Å². The molecule has 0 aliphatic carbocycles.